The van der Waals surface area contributed by atoms with E-state index in [1.807, 2.05) is 13.0 Å². The average molecular weight is 298 g/mol. The fourth-order valence-electron chi connectivity index (χ4n) is 2.56. The third-order valence-electron chi connectivity index (χ3n) is 3.60. The van der Waals surface area contributed by atoms with E-state index in [0.717, 1.165) is 22.5 Å². The van der Waals surface area contributed by atoms with Crippen LogP contribution in [0.25, 0.3) is 0 Å². The van der Waals surface area contributed by atoms with Gasteiger partial charge in [-0.3, -0.25) is 0 Å². The summed E-state index contributed by atoms with van der Waals surface area (Å²) in [5.41, 5.74) is 8.03. The van der Waals surface area contributed by atoms with Gasteiger partial charge in [-0.05, 0) is 60.3 Å². The van der Waals surface area contributed by atoms with Crippen molar-refractivity contribution in [3.8, 4) is 0 Å². The summed E-state index contributed by atoms with van der Waals surface area (Å²) in [5, 5.41) is 3.61. The molecule has 0 amide bonds. The maximum absolute atomic E-state index is 5.85. The zero-order valence-corrected chi connectivity index (χ0v) is 11.8. The highest BCUT2D eigenvalue weighted by atomic mass is 79.9. The Morgan fingerprint density at radius 1 is 1.41 bits per heavy atom. The zero-order valence-electron chi connectivity index (χ0n) is 10.2. The highest BCUT2D eigenvalue weighted by molar-refractivity contribution is 9.10. The Morgan fingerprint density at radius 3 is 2.88 bits per heavy atom. The van der Waals surface area contributed by atoms with E-state index in [9.17, 15) is 0 Å². The van der Waals surface area contributed by atoms with Gasteiger partial charge < -0.3 is 11.1 Å². The molecule has 1 aromatic rings. The van der Waals surface area contributed by atoms with Crippen LogP contribution in [0, 0.1) is 12.8 Å². The summed E-state index contributed by atoms with van der Waals surface area (Å²) in [6, 6.07) is 4.58. The molecule has 3 nitrogen and oxygen atoms in total. The largest absolute Gasteiger partial charge is 0.381 e. The van der Waals surface area contributed by atoms with Gasteiger partial charge in [0.2, 0.25) is 0 Å². The molecule has 1 saturated carbocycles. The van der Waals surface area contributed by atoms with Crippen LogP contribution in [0.2, 0.25) is 0 Å². The Labute approximate surface area is 111 Å². The monoisotopic (exact) mass is 297 g/mol. The fraction of sp³-hybridized carbons (Fsp3) is 0.615. The predicted molar refractivity (Wildman–Crippen MR) is 75.1 cm³/mol. The lowest BCUT2D eigenvalue weighted by Crippen LogP contribution is -2.36. The molecule has 0 bridgehead atoms. The van der Waals surface area contributed by atoms with E-state index >= 15 is 0 Å². The molecule has 2 atom stereocenters. The molecule has 0 saturated heterocycles. The first-order chi connectivity index (χ1) is 8.20. The first-order valence-electron chi connectivity index (χ1n) is 6.30. The van der Waals surface area contributed by atoms with Crippen LogP contribution < -0.4 is 11.1 Å². The van der Waals surface area contributed by atoms with Gasteiger partial charge in [0.1, 0.15) is 4.60 Å². The number of halogens is 1. The van der Waals surface area contributed by atoms with Gasteiger partial charge in [-0.2, -0.15) is 0 Å². The van der Waals surface area contributed by atoms with Crippen molar-refractivity contribution >= 4 is 21.6 Å². The van der Waals surface area contributed by atoms with E-state index < -0.39 is 0 Å². The molecule has 0 aromatic carbocycles. The lowest BCUT2D eigenvalue weighted by Gasteiger charge is -2.32. The number of hydrogen-bond acceptors (Lipinski definition) is 3. The molecule has 1 fully saturated rings. The van der Waals surface area contributed by atoms with Gasteiger partial charge in [-0.15, -0.1) is 0 Å². The summed E-state index contributed by atoms with van der Waals surface area (Å²) >= 11 is 3.39. The second kappa shape index (κ2) is 5.83. The molecule has 0 aliphatic heterocycles. The van der Waals surface area contributed by atoms with E-state index in [-0.39, 0.29) is 0 Å². The van der Waals surface area contributed by atoms with Crippen molar-refractivity contribution in [1.29, 1.82) is 0 Å². The van der Waals surface area contributed by atoms with Crippen LogP contribution in [0.3, 0.4) is 0 Å². The molecule has 1 aliphatic carbocycles. The normalized spacial score (nSPS) is 24.6. The molecule has 3 N–H and O–H groups in total. The summed E-state index contributed by atoms with van der Waals surface area (Å²) in [4.78, 5) is 4.41. The standard InChI is InChI=1S/C13H20BrN3/c1-9-11(6-7-13(14)16-9)17-12-5-3-2-4-10(12)8-15/h6-7,10,12,17H,2-5,8,15H2,1H3. The topological polar surface area (TPSA) is 50.9 Å². The Kier molecular flexibility index (Phi) is 4.40. The maximum Gasteiger partial charge on any atom is 0.106 e. The number of rotatable bonds is 3. The zero-order chi connectivity index (χ0) is 12.3. The Balaban J connectivity index is 2.08. The van der Waals surface area contributed by atoms with E-state index in [0.29, 0.717) is 12.0 Å². The molecule has 1 aliphatic rings. The SMILES string of the molecule is Cc1nc(Br)ccc1NC1CCCCC1CN. The number of aromatic nitrogens is 1. The fourth-order valence-corrected chi connectivity index (χ4v) is 2.96. The molecular formula is C13H20BrN3. The van der Waals surface area contributed by atoms with Crippen molar-refractivity contribution in [2.24, 2.45) is 11.7 Å². The highest BCUT2D eigenvalue weighted by Crippen LogP contribution is 2.27. The van der Waals surface area contributed by atoms with Crippen molar-refractivity contribution in [3.63, 3.8) is 0 Å². The maximum atomic E-state index is 5.85. The molecule has 0 spiro atoms. The molecule has 1 aromatic heterocycles. The van der Waals surface area contributed by atoms with Crippen LogP contribution in [0.15, 0.2) is 16.7 Å². The second-order valence-electron chi connectivity index (χ2n) is 4.80. The number of nitrogens with one attached hydrogen (secondary N) is 1. The quantitative estimate of drug-likeness (QED) is 0.843. The average Bonchev–Trinajstić information content (AvgIpc) is 2.33. The Hall–Kier alpha value is -0.610. The first kappa shape index (κ1) is 12.8. The lowest BCUT2D eigenvalue weighted by atomic mass is 9.84. The van der Waals surface area contributed by atoms with Crippen LogP contribution in [0.4, 0.5) is 5.69 Å². The van der Waals surface area contributed by atoms with E-state index in [4.69, 9.17) is 5.73 Å². The van der Waals surface area contributed by atoms with Crippen molar-refractivity contribution in [2.45, 2.75) is 38.6 Å². The van der Waals surface area contributed by atoms with Gasteiger partial charge in [0.15, 0.2) is 0 Å². The summed E-state index contributed by atoms with van der Waals surface area (Å²) in [7, 11) is 0. The number of nitrogens with zero attached hydrogens (tertiary/aromatic N) is 1. The third kappa shape index (κ3) is 3.19. The van der Waals surface area contributed by atoms with Gasteiger partial charge in [-0.25, -0.2) is 4.98 Å². The smallest absolute Gasteiger partial charge is 0.106 e. The van der Waals surface area contributed by atoms with Crippen LogP contribution in [-0.4, -0.2) is 17.6 Å². The number of anilines is 1. The molecular weight excluding hydrogens is 278 g/mol. The van der Waals surface area contributed by atoms with E-state index in [1.54, 1.807) is 0 Å². The number of nitrogens with two attached hydrogens (primary N) is 1. The molecule has 1 heterocycles. The van der Waals surface area contributed by atoms with Crippen LogP contribution >= 0.6 is 15.9 Å². The molecule has 2 rings (SSSR count). The van der Waals surface area contributed by atoms with E-state index in [2.05, 4.69) is 32.3 Å². The van der Waals surface area contributed by atoms with Crippen LogP contribution in [-0.2, 0) is 0 Å². The predicted octanol–water partition coefficient (Wildman–Crippen LogP) is 3.08. The second-order valence-corrected chi connectivity index (χ2v) is 5.61. The van der Waals surface area contributed by atoms with Crippen molar-refractivity contribution in [2.75, 3.05) is 11.9 Å². The summed E-state index contributed by atoms with van der Waals surface area (Å²) in [6.07, 6.45) is 5.09. The van der Waals surface area contributed by atoms with E-state index in [1.165, 1.54) is 25.7 Å². The highest BCUT2D eigenvalue weighted by Gasteiger charge is 2.24. The Morgan fingerprint density at radius 2 is 2.18 bits per heavy atom. The summed E-state index contributed by atoms with van der Waals surface area (Å²) in [6.45, 7) is 2.81. The van der Waals surface area contributed by atoms with Gasteiger partial charge in [0.05, 0.1) is 11.4 Å². The minimum absolute atomic E-state index is 0.510. The minimum atomic E-state index is 0.510. The van der Waals surface area contributed by atoms with Crippen LogP contribution in [0.1, 0.15) is 31.4 Å². The first-order valence-corrected chi connectivity index (χ1v) is 7.09. The van der Waals surface area contributed by atoms with Crippen molar-refractivity contribution in [3.05, 3.63) is 22.4 Å². The molecule has 4 heteroatoms. The van der Waals surface area contributed by atoms with Gasteiger partial charge in [0, 0.05) is 6.04 Å². The lowest BCUT2D eigenvalue weighted by molar-refractivity contribution is 0.332. The molecule has 0 radical (unpaired) electrons. The summed E-state index contributed by atoms with van der Waals surface area (Å²) < 4.78 is 0.888. The van der Waals surface area contributed by atoms with Gasteiger partial charge in [0.25, 0.3) is 0 Å². The third-order valence-corrected chi connectivity index (χ3v) is 4.05. The molecule has 94 valence electrons. The molecule has 2 unspecified atom stereocenters. The van der Waals surface area contributed by atoms with Crippen molar-refractivity contribution in [1.82, 2.24) is 4.98 Å². The van der Waals surface area contributed by atoms with Gasteiger partial charge >= 0.3 is 0 Å². The summed E-state index contributed by atoms with van der Waals surface area (Å²) in [5.74, 6) is 0.604. The number of aryl methyl sites for hydroxylation is 1. The number of pyridine rings is 1. The van der Waals surface area contributed by atoms with Crippen molar-refractivity contribution < 1.29 is 0 Å². The molecule has 17 heavy (non-hydrogen) atoms. The Bertz CT molecular complexity index is 381. The minimum Gasteiger partial charge on any atom is -0.381 e. The van der Waals surface area contributed by atoms with Gasteiger partial charge in [-0.1, -0.05) is 12.8 Å². The van der Waals surface area contributed by atoms with Crippen LogP contribution in [0.5, 0.6) is 0 Å². The number of hydrogen-bond donors (Lipinski definition) is 2.